The molecule has 2 aliphatic rings. The molecule has 1 saturated heterocycles. The summed E-state index contributed by atoms with van der Waals surface area (Å²) >= 11 is 0. The van der Waals surface area contributed by atoms with Gasteiger partial charge in [-0.05, 0) is 30.5 Å². The van der Waals surface area contributed by atoms with Crippen molar-refractivity contribution in [1.82, 2.24) is 15.1 Å². The molecule has 0 radical (unpaired) electrons. The number of para-hydroxylation sites is 1. The fourth-order valence-corrected chi connectivity index (χ4v) is 5.89. The largest absolute Gasteiger partial charge is 0.507 e. The van der Waals surface area contributed by atoms with Gasteiger partial charge in [0.2, 0.25) is 5.91 Å². The second kappa shape index (κ2) is 14.2. The van der Waals surface area contributed by atoms with E-state index in [9.17, 15) is 9.90 Å². The first-order chi connectivity index (χ1) is 18.1. The molecule has 4 rings (SSSR count). The van der Waals surface area contributed by atoms with Gasteiger partial charge in [0.1, 0.15) is 5.75 Å². The average Bonchev–Trinajstić information content (AvgIpc) is 3.44. The van der Waals surface area contributed by atoms with Gasteiger partial charge in [0.25, 0.3) is 0 Å². The van der Waals surface area contributed by atoms with Crippen LogP contribution in [0.3, 0.4) is 0 Å². The zero-order valence-electron chi connectivity index (χ0n) is 22.4. The standard InChI is InChI=1S/C30H45N5O2/c31-30-27(23-26(32-33-30)25-16-11-12-17-28(25)36)34-19-21-35(22-20-34)29(37)18-8-6-4-2-1-3-5-7-13-24-14-9-10-15-24/h11-12,16-17,23-24,36H,1-10,13-15,18-22H2,(H2,31,33). The zero-order valence-corrected chi connectivity index (χ0v) is 22.4. The number of amides is 1. The van der Waals surface area contributed by atoms with Gasteiger partial charge in [0.15, 0.2) is 5.82 Å². The molecule has 7 heteroatoms. The molecule has 0 spiro atoms. The Hall–Kier alpha value is -2.83. The van der Waals surface area contributed by atoms with E-state index in [1.165, 1.54) is 70.6 Å². The Bertz CT molecular complexity index is 984. The smallest absolute Gasteiger partial charge is 0.222 e. The minimum Gasteiger partial charge on any atom is -0.507 e. The fraction of sp³-hybridized carbons (Fsp3) is 0.633. The normalized spacial score (nSPS) is 16.4. The summed E-state index contributed by atoms with van der Waals surface area (Å²) in [7, 11) is 0. The number of anilines is 2. The van der Waals surface area contributed by atoms with Crippen LogP contribution < -0.4 is 10.6 Å². The van der Waals surface area contributed by atoms with E-state index in [-0.39, 0.29) is 11.7 Å². The maximum Gasteiger partial charge on any atom is 0.222 e. The molecule has 3 N–H and O–H groups in total. The molecule has 1 aromatic carbocycles. The Morgan fingerprint density at radius 1 is 0.892 bits per heavy atom. The van der Waals surface area contributed by atoms with Crippen molar-refractivity contribution >= 4 is 17.4 Å². The van der Waals surface area contributed by atoms with E-state index < -0.39 is 0 Å². The highest BCUT2D eigenvalue weighted by Gasteiger charge is 2.23. The van der Waals surface area contributed by atoms with Crippen LogP contribution in [0.25, 0.3) is 11.3 Å². The summed E-state index contributed by atoms with van der Waals surface area (Å²) in [5.41, 5.74) is 8.16. The Labute approximate surface area is 222 Å². The van der Waals surface area contributed by atoms with Crippen molar-refractivity contribution in [2.24, 2.45) is 5.92 Å². The number of hydrogen-bond acceptors (Lipinski definition) is 6. The van der Waals surface area contributed by atoms with Gasteiger partial charge in [-0.2, -0.15) is 0 Å². The first-order valence-electron chi connectivity index (χ1n) is 14.6. The van der Waals surface area contributed by atoms with E-state index in [0.29, 0.717) is 49.7 Å². The Kier molecular flexibility index (Phi) is 10.4. The number of nitrogen functional groups attached to an aromatic ring is 1. The maximum atomic E-state index is 12.7. The number of phenols is 1. The van der Waals surface area contributed by atoms with Crippen LogP contribution in [0, 0.1) is 5.92 Å². The number of aromatic hydroxyl groups is 1. The van der Waals surface area contributed by atoms with Crippen LogP contribution in [0.5, 0.6) is 5.75 Å². The van der Waals surface area contributed by atoms with Gasteiger partial charge in [-0.25, -0.2) is 0 Å². The van der Waals surface area contributed by atoms with Crippen LogP contribution in [-0.2, 0) is 4.79 Å². The number of nitrogens with zero attached hydrogens (tertiary/aromatic N) is 4. The number of aromatic nitrogens is 2. The molecule has 1 aliphatic carbocycles. The molecule has 37 heavy (non-hydrogen) atoms. The minimum atomic E-state index is 0.164. The summed E-state index contributed by atoms with van der Waals surface area (Å²) < 4.78 is 0. The Morgan fingerprint density at radius 3 is 2.24 bits per heavy atom. The molecule has 1 aromatic heterocycles. The predicted molar refractivity (Wildman–Crippen MR) is 150 cm³/mol. The van der Waals surface area contributed by atoms with Crippen LogP contribution >= 0.6 is 0 Å². The molecular formula is C30H45N5O2. The maximum absolute atomic E-state index is 12.7. The van der Waals surface area contributed by atoms with Crippen molar-refractivity contribution in [3.05, 3.63) is 30.3 Å². The second-order valence-corrected chi connectivity index (χ2v) is 10.9. The van der Waals surface area contributed by atoms with Gasteiger partial charge in [0.05, 0.1) is 11.4 Å². The van der Waals surface area contributed by atoms with E-state index in [0.717, 1.165) is 24.4 Å². The molecule has 0 atom stereocenters. The van der Waals surface area contributed by atoms with E-state index in [4.69, 9.17) is 5.73 Å². The summed E-state index contributed by atoms with van der Waals surface area (Å²) in [6.45, 7) is 2.80. The highest BCUT2D eigenvalue weighted by atomic mass is 16.3. The average molecular weight is 508 g/mol. The van der Waals surface area contributed by atoms with Crippen molar-refractivity contribution in [3.63, 3.8) is 0 Å². The van der Waals surface area contributed by atoms with E-state index in [1.54, 1.807) is 12.1 Å². The number of carbonyl (C=O) groups is 1. The lowest BCUT2D eigenvalue weighted by atomic mass is 9.99. The molecule has 2 heterocycles. The van der Waals surface area contributed by atoms with Gasteiger partial charge < -0.3 is 20.6 Å². The second-order valence-electron chi connectivity index (χ2n) is 10.9. The molecule has 202 valence electrons. The number of rotatable bonds is 13. The monoisotopic (exact) mass is 507 g/mol. The predicted octanol–water partition coefficient (Wildman–Crippen LogP) is 6.17. The van der Waals surface area contributed by atoms with Gasteiger partial charge in [-0.15, -0.1) is 10.2 Å². The van der Waals surface area contributed by atoms with Gasteiger partial charge >= 0.3 is 0 Å². The number of hydrogen-bond donors (Lipinski definition) is 2. The highest BCUT2D eigenvalue weighted by Crippen LogP contribution is 2.32. The third-order valence-electron chi connectivity index (χ3n) is 8.18. The number of carbonyl (C=O) groups excluding carboxylic acids is 1. The summed E-state index contributed by atoms with van der Waals surface area (Å²) in [4.78, 5) is 16.9. The number of benzene rings is 1. The van der Waals surface area contributed by atoms with Gasteiger partial charge in [0, 0.05) is 38.2 Å². The number of nitrogens with two attached hydrogens (primary N) is 1. The van der Waals surface area contributed by atoms with Crippen LogP contribution in [0.4, 0.5) is 11.5 Å². The summed E-state index contributed by atoms with van der Waals surface area (Å²) in [6, 6.07) is 8.96. The molecule has 1 aliphatic heterocycles. The third-order valence-corrected chi connectivity index (χ3v) is 8.18. The third kappa shape index (κ3) is 8.08. The number of phenolic OH excluding ortho intramolecular Hbond substituents is 1. The van der Waals surface area contributed by atoms with Crippen LogP contribution in [0.15, 0.2) is 30.3 Å². The molecule has 2 aromatic rings. The highest BCUT2D eigenvalue weighted by molar-refractivity contribution is 5.77. The van der Waals surface area contributed by atoms with Crippen molar-refractivity contribution in [2.45, 2.75) is 89.9 Å². The lowest BCUT2D eigenvalue weighted by Crippen LogP contribution is -2.49. The lowest BCUT2D eigenvalue weighted by Gasteiger charge is -2.36. The van der Waals surface area contributed by atoms with Crippen molar-refractivity contribution in [3.8, 4) is 17.0 Å². The number of piperazine rings is 1. The molecule has 1 saturated carbocycles. The zero-order chi connectivity index (χ0) is 25.9. The molecule has 0 bridgehead atoms. The topological polar surface area (TPSA) is 95.6 Å². The van der Waals surface area contributed by atoms with Crippen LogP contribution in [0.1, 0.15) is 89.9 Å². The van der Waals surface area contributed by atoms with Crippen LogP contribution in [-0.4, -0.2) is 52.3 Å². The summed E-state index contributed by atoms with van der Waals surface area (Å²) in [6.07, 6.45) is 18.2. The van der Waals surface area contributed by atoms with Crippen molar-refractivity contribution < 1.29 is 9.90 Å². The van der Waals surface area contributed by atoms with Gasteiger partial charge in [-0.1, -0.05) is 89.2 Å². The van der Waals surface area contributed by atoms with E-state index in [2.05, 4.69) is 15.1 Å². The quantitative estimate of drug-likeness (QED) is 0.315. The molecule has 2 fully saturated rings. The fourth-order valence-electron chi connectivity index (χ4n) is 5.89. The number of unbranched alkanes of at least 4 members (excludes halogenated alkanes) is 7. The minimum absolute atomic E-state index is 0.164. The molecule has 1 amide bonds. The Morgan fingerprint density at radius 2 is 1.54 bits per heavy atom. The first-order valence-corrected chi connectivity index (χ1v) is 14.6. The SMILES string of the molecule is Nc1nnc(-c2ccccc2O)cc1N1CCN(C(=O)CCCCCCCCCCC2CCCC2)CC1. The first kappa shape index (κ1) is 27.2. The Balaban J connectivity index is 1.10. The van der Waals surface area contributed by atoms with Crippen molar-refractivity contribution in [1.29, 1.82) is 0 Å². The van der Waals surface area contributed by atoms with Crippen LogP contribution in [0.2, 0.25) is 0 Å². The molecule has 7 nitrogen and oxygen atoms in total. The molecular weight excluding hydrogens is 462 g/mol. The van der Waals surface area contributed by atoms with Crippen molar-refractivity contribution in [2.75, 3.05) is 36.8 Å². The summed E-state index contributed by atoms with van der Waals surface area (Å²) in [5.74, 6) is 1.83. The molecule has 0 unspecified atom stereocenters. The van der Waals surface area contributed by atoms with E-state index in [1.807, 2.05) is 23.1 Å². The lowest BCUT2D eigenvalue weighted by molar-refractivity contribution is -0.131. The summed E-state index contributed by atoms with van der Waals surface area (Å²) in [5, 5.41) is 18.5. The van der Waals surface area contributed by atoms with E-state index >= 15 is 0 Å². The van der Waals surface area contributed by atoms with Gasteiger partial charge in [-0.3, -0.25) is 4.79 Å².